The van der Waals surface area contributed by atoms with Crippen molar-refractivity contribution >= 4 is 27.3 Å². The number of anilines is 1. The molecule has 1 N–H and O–H groups in total. The van der Waals surface area contributed by atoms with E-state index in [0.29, 0.717) is 4.60 Å². The Morgan fingerprint density at radius 1 is 1.67 bits per heavy atom. The third-order valence-electron chi connectivity index (χ3n) is 1.49. The van der Waals surface area contributed by atoms with Gasteiger partial charge in [0.05, 0.1) is 11.5 Å². The third-order valence-corrected chi connectivity index (χ3v) is 1.93. The molecule has 0 aromatic carbocycles. The fraction of sp³-hybridized carbons (Fsp3) is 0.286. The zero-order valence-corrected chi connectivity index (χ0v) is 8.87. The summed E-state index contributed by atoms with van der Waals surface area (Å²) in [5, 5.41) is 12.8. The molecule has 82 valence electrons. The second kappa shape index (κ2) is 4.96. The molecule has 0 saturated heterocycles. The van der Waals surface area contributed by atoms with E-state index in [-0.39, 0.29) is 11.4 Å². The Morgan fingerprint density at radius 3 is 2.87 bits per heavy atom. The molecule has 1 rings (SSSR count). The van der Waals surface area contributed by atoms with Crippen molar-refractivity contribution in [2.24, 2.45) is 0 Å². The Bertz CT molecular complexity index is 375. The van der Waals surface area contributed by atoms with Gasteiger partial charge in [0.1, 0.15) is 16.5 Å². The van der Waals surface area contributed by atoms with Gasteiger partial charge in [-0.1, -0.05) is 0 Å². The van der Waals surface area contributed by atoms with Crippen molar-refractivity contribution in [2.75, 3.05) is 11.9 Å². The molecule has 5 nitrogen and oxygen atoms in total. The van der Waals surface area contributed by atoms with Crippen LogP contribution in [0.4, 0.5) is 20.2 Å². The van der Waals surface area contributed by atoms with Crippen LogP contribution in [0.3, 0.4) is 0 Å². The number of halogens is 3. The van der Waals surface area contributed by atoms with Crippen LogP contribution in [-0.2, 0) is 0 Å². The van der Waals surface area contributed by atoms with Crippen LogP contribution in [0, 0.1) is 10.1 Å². The molecule has 1 heterocycles. The molecule has 0 fully saturated rings. The minimum atomic E-state index is -2.57. The Labute approximate surface area is 91.8 Å². The van der Waals surface area contributed by atoms with Crippen molar-refractivity contribution in [1.82, 2.24) is 4.98 Å². The highest BCUT2D eigenvalue weighted by Gasteiger charge is 2.15. The summed E-state index contributed by atoms with van der Waals surface area (Å²) >= 11 is 2.99. The molecule has 8 heteroatoms. The number of nitrogens with zero attached hydrogens (tertiary/aromatic N) is 2. The summed E-state index contributed by atoms with van der Waals surface area (Å²) in [6.45, 7) is -0.642. The first-order valence-corrected chi connectivity index (χ1v) is 4.62. The van der Waals surface area contributed by atoms with Crippen molar-refractivity contribution in [2.45, 2.75) is 6.43 Å². The molecule has 0 atom stereocenters. The molecule has 0 aliphatic heterocycles. The normalized spacial score (nSPS) is 10.4. The van der Waals surface area contributed by atoms with Gasteiger partial charge in [0, 0.05) is 6.07 Å². The molecule has 1 aromatic heterocycles. The molecule has 0 radical (unpaired) electrons. The fourth-order valence-corrected chi connectivity index (χ4v) is 1.23. The van der Waals surface area contributed by atoms with E-state index in [1.54, 1.807) is 0 Å². The van der Waals surface area contributed by atoms with E-state index >= 15 is 0 Å². The van der Waals surface area contributed by atoms with Crippen LogP contribution >= 0.6 is 15.9 Å². The zero-order valence-electron chi connectivity index (χ0n) is 7.28. The van der Waals surface area contributed by atoms with Gasteiger partial charge in [-0.15, -0.1) is 0 Å². The number of alkyl halides is 2. The average molecular weight is 282 g/mol. The van der Waals surface area contributed by atoms with E-state index in [0.717, 1.165) is 6.20 Å². The van der Waals surface area contributed by atoms with Crippen LogP contribution in [0.2, 0.25) is 0 Å². The van der Waals surface area contributed by atoms with Gasteiger partial charge in [0.2, 0.25) is 0 Å². The lowest BCUT2D eigenvalue weighted by Gasteiger charge is -2.05. The number of hydrogen-bond donors (Lipinski definition) is 1. The van der Waals surface area contributed by atoms with Gasteiger partial charge in [-0.2, -0.15) is 0 Å². The van der Waals surface area contributed by atoms with Crippen molar-refractivity contribution in [3.8, 4) is 0 Å². The van der Waals surface area contributed by atoms with Crippen LogP contribution in [0.1, 0.15) is 0 Å². The lowest BCUT2D eigenvalue weighted by molar-refractivity contribution is -0.384. The second-order valence-corrected chi connectivity index (χ2v) is 3.37. The number of rotatable bonds is 4. The minimum absolute atomic E-state index is 0.0159. The molecule has 0 aliphatic carbocycles. The van der Waals surface area contributed by atoms with E-state index in [1.165, 1.54) is 6.07 Å². The Morgan fingerprint density at radius 2 is 2.33 bits per heavy atom. The van der Waals surface area contributed by atoms with Crippen molar-refractivity contribution in [3.63, 3.8) is 0 Å². The third kappa shape index (κ3) is 3.39. The summed E-state index contributed by atoms with van der Waals surface area (Å²) in [6.07, 6.45) is -1.57. The number of hydrogen-bond acceptors (Lipinski definition) is 4. The highest BCUT2D eigenvalue weighted by atomic mass is 79.9. The summed E-state index contributed by atoms with van der Waals surface area (Å²) < 4.78 is 24.1. The van der Waals surface area contributed by atoms with Gasteiger partial charge >= 0.3 is 5.69 Å². The van der Waals surface area contributed by atoms with E-state index in [1.807, 2.05) is 0 Å². The van der Waals surface area contributed by atoms with Gasteiger partial charge in [-0.05, 0) is 15.9 Å². The number of nitrogens with one attached hydrogen (secondary N) is 1. The summed E-state index contributed by atoms with van der Waals surface area (Å²) in [5.41, 5.74) is -0.318. The maximum absolute atomic E-state index is 11.9. The fourth-order valence-electron chi connectivity index (χ4n) is 0.897. The van der Waals surface area contributed by atoms with Crippen LogP contribution in [-0.4, -0.2) is 22.9 Å². The van der Waals surface area contributed by atoms with E-state index in [2.05, 4.69) is 26.2 Å². The molecule has 0 unspecified atom stereocenters. The van der Waals surface area contributed by atoms with E-state index in [9.17, 15) is 18.9 Å². The van der Waals surface area contributed by atoms with Gasteiger partial charge in [-0.3, -0.25) is 10.1 Å². The molecular weight excluding hydrogens is 276 g/mol. The quantitative estimate of drug-likeness (QED) is 0.523. The summed E-state index contributed by atoms with van der Waals surface area (Å²) in [5.74, 6) is 0. The van der Waals surface area contributed by atoms with Gasteiger partial charge in [0.15, 0.2) is 0 Å². The number of aromatic nitrogens is 1. The van der Waals surface area contributed by atoms with Crippen molar-refractivity contribution in [3.05, 3.63) is 27.0 Å². The maximum Gasteiger partial charge on any atom is 0.310 e. The minimum Gasteiger partial charge on any atom is -0.374 e. The summed E-state index contributed by atoms with van der Waals surface area (Å²) in [6, 6.07) is 1.28. The first-order valence-electron chi connectivity index (χ1n) is 3.82. The maximum atomic E-state index is 11.9. The van der Waals surface area contributed by atoms with E-state index in [4.69, 9.17) is 0 Å². The van der Waals surface area contributed by atoms with Gasteiger partial charge in [-0.25, -0.2) is 13.8 Å². The topological polar surface area (TPSA) is 68.1 Å². The number of pyridine rings is 1. The molecular formula is C7H6BrF2N3O2. The van der Waals surface area contributed by atoms with Crippen molar-refractivity contribution in [1.29, 1.82) is 0 Å². The lowest BCUT2D eigenvalue weighted by Crippen LogP contribution is -2.11. The second-order valence-electron chi connectivity index (χ2n) is 2.55. The van der Waals surface area contributed by atoms with Crippen LogP contribution in [0.5, 0.6) is 0 Å². The predicted molar refractivity (Wildman–Crippen MR) is 53.1 cm³/mol. The SMILES string of the molecule is O=[N+]([O-])c1cnc(Br)cc1NCC(F)F. The Kier molecular flexibility index (Phi) is 3.89. The van der Waals surface area contributed by atoms with Crippen LogP contribution in [0.15, 0.2) is 16.9 Å². The lowest BCUT2D eigenvalue weighted by atomic mass is 10.3. The largest absolute Gasteiger partial charge is 0.374 e. The number of nitro groups is 1. The molecule has 1 aromatic rings. The summed E-state index contributed by atoms with van der Waals surface area (Å²) in [4.78, 5) is 13.4. The Balaban J connectivity index is 2.92. The van der Waals surface area contributed by atoms with Gasteiger partial charge < -0.3 is 5.32 Å². The first kappa shape index (κ1) is 11.8. The van der Waals surface area contributed by atoms with Crippen molar-refractivity contribution < 1.29 is 13.7 Å². The standard InChI is InChI=1S/C7H6BrF2N3O2/c8-6-1-4(11-3-7(9)10)5(2-12-6)13(14)15/h1-2,7H,3H2,(H,11,12). The molecule has 0 saturated carbocycles. The van der Waals surface area contributed by atoms with Gasteiger partial charge in [0.25, 0.3) is 6.43 Å². The zero-order chi connectivity index (χ0) is 11.4. The smallest absolute Gasteiger partial charge is 0.310 e. The molecule has 0 aliphatic rings. The molecule has 15 heavy (non-hydrogen) atoms. The highest BCUT2D eigenvalue weighted by Crippen LogP contribution is 2.25. The van der Waals surface area contributed by atoms with E-state index < -0.39 is 17.9 Å². The first-order chi connectivity index (χ1) is 7.00. The monoisotopic (exact) mass is 281 g/mol. The van der Waals surface area contributed by atoms with Crippen LogP contribution < -0.4 is 5.32 Å². The molecule has 0 spiro atoms. The molecule has 0 amide bonds. The Hall–Kier alpha value is -1.31. The highest BCUT2D eigenvalue weighted by molar-refractivity contribution is 9.10. The molecule has 0 bridgehead atoms. The van der Waals surface area contributed by atoms with Crippen LogP contribution in [0.25, 0.3) is 0 Å². The summed E-state index contributed by atoms with van der Waals surface area (Å²) in [7, 11) is 0. The predicted octanol–water partition coefficient (Wildman–Crippen LogP) is 2.43. The average Bonchev–Trinajstić information content (AvgIpc) is 2.14.